The van der Waals surface area contributed by atoms with Crippen LogP contribution in [0.25, 0.3) is 11.0 Å². The van der Waals surface area contributed by atoms with Crippen molar-refractivity contribution >= 4 is 11.0 Å². The third-order valence-corrected chi connectivity index (χ3v) is 1.78. The first kappa shape index (κ1) is 7.60. The number of para-hydroxylation sites is 2. The Morgan fingerprint density at radius 1 is 1.08 bits per heavy atom. The number of aromatic nitrogens is 2. The summed E-state index contributed by atoms with van der Waals surface area (Å²) in [5, 5.41) is 31.4. The number of rotatable bonds is 0. The van der Waals surface area contributed by atoms with Crippen LogP contribution in [0.1, 0.15) is 0 Å². The summed E-state index contributed by atoms with van der Waals surface area (Å²) in [5.74, 6) is -0.603. The lowest BCUT2D eigenvalue weighted by molar-refractivity contribution is -0.634. The van der Waals surface area contributed by atoms with Gasteiger partial charge in [0.25, 0.3) is 17.2 Å². The van der Waals surface area contributed by atoms with E-state index in [0.717, 1.165) is 6.20 Å². The highest BCUT2D eigenvalue weighted by atomic mass is 16.5. The SMILES string of the molecule is [O-][n+]1cc(O)[n+]([O-])c2ccccc21. The highest BCUT2D eigenvalue weighted by Crippen LogP contribution is 2.07. The molecule has 0 saturated heterocycles. The van der Waals surface area contributed by atoms with Crippen molar-refractivity contribution in [3.63, 3.8) is 0 Å². The zero-order chi connectivity index (χ0) is 9.42. The average Bonchev–Trinajstić information content (AvgIpc) is 2.15. The molecule has 1 N–H and O–H groups in total. The van der Waals surface area contributed by atoms with E-state index in [1.165, 1.54) is 12.1 Å². The van der Waals surface area contributed by atoms with E-state index in [9.17, 15) is 10.4 Å². The van der Waals surface area contributed by atoms with Crippen molar-refractivity contribution in [3.8, 4) is 5.88 Å². The first-order chi connectivity index (χ1) is 6.20. The molecule has 0 saturated carbocycles. The van der Waals surface area contributed by atoms with Crippen LogP contribution in [0.3, 0.4) is 0 Å². The second kappa shape index (κ2) is 2.48. The van der Waals surface area contributed by atoms with Crippen LogP contribution < -0.4 is 9.46 Å². The Morgan fingerprint density at radius 3 is 2.38 bits per heavy atom. The highest BCUT2D eigenvalue weighted by molar-refractivity contribution is 5.67. The standard InChI is InChI=1S/C8H6N2O3/c11-8-5-9(12)6-3-1-2-4-7(6)10(8)13/h1-5,11H. The molecule has 13 heavy (non-hydrogen) atoms. The van der Waals surface area contributed by atoms with Gasteiger partial charge in [-0.2, -0.15) is 4.73 Å². The number of benzene rings is 1. The molecule has 0 spiro atoms. The van der Waals surface area contributed by atoms with Crippen molar-refractivity contribution in [2.45, 2.75) is 0 Å². The third kappa shape index (κ3) is 1.01. The second-order valence-electron chi connectivity index (χ2n) is 2.60. The molecule has 0 bridgehead atoms. The number of aromatic hydroxyl groups is 1. The summed E-state index contributed by atoms with van der Waals surface area (Å²) >= 11 is 0. The minimum Gasteiger partial charge on any atom is -0.618 e. The van der Waals surface area contributed by atoms with E-state index in [0.29, 0.717) is 9.46 Å². The molecular weight excluding hydrogens is 172 g/mol. The van der Waals surface area contributed by atoms with Crippen LogP contribution in [0, 0.1) is 10.4 Å². The summed E-state index contributed by atoms with van der Waals surface area (Å²) in [6.45, 7) is 0. The molecule has 5 nitrogen and oxygen atoms in total. The van der Waals surface area contributed by atoms with Crippen LogP contribution >= 0.6 is 0 Å². The van der Waals surface area contributed by atoms with Gasteiger partial charge < -0.3 is 15.5 Å². The van der Waals surface area contributed by atoms with Crippen molar-refractivity contribution in [2.75, 3.05) is 0 Å². The molecule has 0 unspecified atom stereocenters. The summed E-state index contributed by atoms with van der Waals surface area (Å²) in [7, 11) is 0. The largest absolute Gasteiger partial charge is 0.618 e. The Bertz CT molecular complexity index is 470. The van der Waals surface area contributed by atoms with Gasteiger partial charge >= 0.3 is 5.88 Å². The molecule has 0 atom stereocenters. The molecule has 0 radical (unpaired) electrons. The lowest BCUT2D eigenvalue weighted by Crippen LogP contribution is -2.37. The van der Waals surface area contributed by atoms with Crippen molar-refractivity contribution < 1.29 is 14.6 Å². The predicted molar refractivity (Wildman–Crippen MR) is 43.5 cm³/mol. The molecule has 0 amide bonds. The van der Waals surface area contributed by atoms with Crippen LogP contribution in [0.4, 0.5) is 0 Å². The van der Waals surface area contributed by atoms with Crippen LogP contribution in [0.2, 0.25) is 0 Å². The summed E-state index contributed by atoms with van der Waals surface area (Å²) < 4.78 is 0.767. The van der Waals surface area contributed by atoms with Gasteiger partial charge in [-0.15, -0.1) is 4.73 Å². The first-order valence-corrected chi connectivity index (χ1v) is 3.63. The molecule has 66 valence electrons. The Balaban J connectivity index is 2.97. The molecule has 1 aromatic heterocycles. The Morgan fingerprint density at radius 2 is 1.69 bits per heavy atom. The molecule has 2 rings (SSSR count). The topological polar surface area (TPSA) is 74.1 Å². The van der Waals surface area contributed by atoms with Crippen molar-refractivity contribution in [2.24, 2.45) is 0 Å². The first-order valence-electron chi connectivity index (χ1n) is 3.63. The van der Waals surface area contributed by atoms with Gasteiger partial charge in [-0.25, -0.2) is 0 Å². The lowest BCUT2D eigenvalue weighted by Gasteiger charge is -2.02. The molecule has 5 heteroatoms. The zero-order valence-electron chi connectivity index (χ0n) is 6.54. The monoisotopic (exact) mass is 178 g/mol. The van der Waals surface area contributed by atoms with E-state index in [4.69, 9.17) is 5.11 Å². The van der Waals surface area contributed by atoms with Crippen LogP contribution in [0.15, 0.2) is 30.5 Å². The summed E-state index contributed by atoms with van der Waals surface area (Å²) in [4.78, 5) is 0. The van der Waals surface area contributed by atoms with E-state index >= 15 is 0 Å². The average molecular weight is 178 g/mol. The van der Waals surface area contributed by atoms with Crippen molar-refractivity contribution in [1.29, 1.82) is 0 Å². The fraction of sp³-hybridized carbons (Fsp3) is 0. The summed E-state index contributed by atoms with van der Waals surface area (Å²) in [5.41, 5.74) is 0.382. The van der Waals surface area contributed by atoms with Crippen molar-refractivity contribution in [3.05, 3.63) is 40.9 Å². The maximum Gasteiger partial charge on any atom is 0.445 e. The fourth-order valence-corrected chi connectivity index (χ4v) is 1.17. The van der Waals surface area contributed by atoms with Gasteiger partial charge in [-0.3, -0.25) is 0 Å². The molecule has 1 aromatic carbocycles. The zero-order valence-corrected chi connectivity index (χ0v) is 6.54. The Labute approximate surface area is 73.3 Å². The predicted octanol–water partition coefficient (Wildman–Crippen LogP) is -0.188. The van der Waals surface area contributed by atoms with Crippen LogP contribution in [-0.4, -0.2) is 5.11 Å². The van der Waals surface area contributed by atoms with Crippen molar-refractivity contribution in [1.82, 2.24) is 0 Å². The van der Waals surface area contributed by atoms with Gasteiger partial charge in [-0.05, 0) is 0 Å². The second-order valence-corrected chi connectivity index (χ2v) is 2.60. The van der Waals surface area contributed by atoms with Gasteiger partial charge in [0.2, 0.25) is 0 Å². The minimum atomic E-state index is -0.603. The smallest absolute Gasteiger partial charge is 0.445 e. The number of fused-ring (bicyclic) bond motifs is 1. The number of hydrogen-bond donors (Lipinski definition) is 1. The molecule has 1 heterocycles. The molecule has 0 aliphatic heterocycles. The third-order valence-electron chi connectivity index (χ3n) is 1.78. The lowest BCUT2D eigenvalue weighted by atomic mass is 10.3. The quantitative estimate of drug-likeness (QED) is 0.449. The van der Waals surface area contributed by atoms with Gasteiger partial charge in [0, 0.05) is 12.1 Å². The Kier molecular flexibility index (Phi) is 1.45. The fourth-order valence-electron chi connectivity index (χ4n) is 1.17. The van der Waals surface area contributed by atoms with Crippen LogP contribution in [-0.2, 0) is 0 Å². The highest BCUT2D eigenvalue weighted by Gasteiger charge is 2.16. The van der Waals surface area contributed by atoms with E-state index in [-0.39, 0.29) is 11.0 Å². The normalized spacial score (nSPS) is 10.5. The maximum atomic E-state index is 11.2. The Hall–Kier alpha value is -2.04. The van der Waals surface area contributed by atoms with Gasteiger partial charge in [0.05, 0.1) is 0 Å². The molecule has 0 aliphatic rings. The van der Waals surface area contributed by atoms with Crippen LogP contribution in [0.5, 0.6) is 5.88 Å². The van der Waals surface area contributed by atoms with Gasteiger partial charge in [-0.1, -0.05) is 12.1 Å². The van der Waals surface area contributed by atoms with E-state index < -0.39 is 5.88 Å². The van der Waals surface area contributed by atoms with Gasteiger partial charge in [0.15, 0.2) is 0 Å². The number of hydrogen-bond acceptors (Lipinski definition) is 3. The minimum absolute atomic E-state index is 0.150. The van der Waals surface area contributed by atoms with E-state index in [1.807, 2.05) is 0 Å². The maximum absolute atomic E-state index is 11.2. The molecule has 0 aliphatic carbocycles. The summed E-state index contributed by atoms with van der Waals surface area (Å²) in [6, 6.07) is 6.25. The van der Waals surface area contributed by atoms with E-state index in [2.05, 4.69) is 0 Å². The number of nitrogens with zero attached hydrogens (tertiary/aromatic N) is 2. The van der Waals surface area contributed by atoms with E-state index in [1.54, 1.807) is 12.1 Å². The molecule has 2 aromatic rings. The molecular formula is C8H6N2O3. The van der Waals surface area contributed by atoms with Gasteiger partial charge in [0.1, 0.15) is 0 Å². The summed E-state index contributed by atoms with van der Waals surface area (Å²) in [6.07, 6.45) is 0.829. The molecule has 0 fully saturated rings.